The maximum atomic E-state index is 11.5. The van der Waals surface area contributed by atoms with Crippen molar-refractivity contribution in [2.75, 3.05) is 26.4 Å². The molecule has 0 amide bonds. The molecule has 0 aromatic carbocycles. The van der Waals surface area contributed by atoms with Crippen molar-refractivity contribution < 1.29 is 28.8 Å². The molecule has 0 fully saturated rings. The van der Waals surface area contributed by atoms with E-state index >= 15 is 0 Å². The van der Waals surface area contributed by atoms with E-state index in [1.165, 1.54) is 0 Å². The van der Waals surface area contributed by atoms with Crippen LogP contribution >= 0.6 is 0 Å². The van der Waals surface area contributed by atoms with E-state index in [0.717, 1.165) is 51.4 Å². The van der Waals surface area contributed by atoms with E-state index in [4.69, 9.17) is 18.9 Å². The highest BCUT2D eigenvalue weighted by molar-refractivity contribution is 6.36. The van der Waals surface area contributed by atoms with Gasteiger partial charge in [-0.1, -0.05) is 39.2 Å². The molecule has 0 saturated carbocycles. The van der Waals surface area contributed by atoms with Crippen LogP contribution in [0.15, 0.2) is 11.5 Å². The number of hydrogen-bond donors (Lipinski definition) is 1. The summed E-state index contributed by atoms with van der Waals surface area (Å²) in [4.78, 5) is 11.5. The van der Waals surface area contributed by atoms with E-state index < -0.39 is 15.5 Å². The van der Waals surface area contributed by atoms with Crippen LogP contribution in [-0.4, -0.2) is 52.9 Å². The fraction of sp³-hybridized carbons (Fsp3) is 0.842. The van der Waals surface area contributed by atoms with Crippen LogP contribution in [0, 0.1) is 0 Å². The molecule has 1 N–H and O–H groups in total. The van der Waals surface area contributed by atoms with E-state index in [-0.39, 0.29) is 17.4 Å². The van der Waals surface area contributed by atoms with Crippen LogP contribution < -0.4 is 0 Å². The minimum atomic E-state index is -0.974. The second-order valence-corrected chi connectivity index (χ2v) is 8.01. The number of hydrogen-bond acceptors (Lipinski definition) is 5. The maximum Gasteiger partial charge on any atom is 0.338 e. The normalized spacial score (nSPS) is 11.3. The van der Waals surface area contributed by atoms with Crippen molar-refractivity contribution in [2.24, 2.45) is 0 Å². The van der Waals surface area contributed by atoms with Crippen molar-refractivity contribution in [3.05, 3.63) is 11.5 Å². The maximum absolute atomic E-state index is 11.5. The average Bonchev–Trinajstić information content (AvgIpc) is 2.61. The number of unbranched alkanes of at least 4 members (excludes halogenated alkanes) is 2. The lowest BCUT2D eigenvalue weighted by Gasteiger charge is -2.18. The molecular weight excluding hydrogens is 352 g/mol. The van der Waals surface area contributed by atoms with E-state index in [9.17, 15) is 9.90 Å². The fourth-order valence-corrected chi connectivity index (χ4v) is 3.86. The fourth-order valence-electron chi connectivity index (χ4n) is 2.32. The molecule has 0 heterocycles. The van der Waals surface area contributed by atoms with Crippen LogP contribution in [0.1, 0.15) is 66.2 Å². The number of carboxylic acids is 1. The van der Waals surface area contributed by atoms with Gasteiger partial charge in [-0.2, -0.15) is 0 Å². The number of carboxylic acid groups (broad SMARTS) is 1. The van der Waals surface area contributed by atoms with Gasteiger partial charge in [0, 0.05) is 13.2 Å². The van der Waals surface area contributed by atoms with Crippen LogP contribution in [0.5, 0.6) is 0 Å². The summed E-state index contributed by atoms with van der Waals surface area (Å²) in [5, 5.41) is 9.44. The highest BCUT2D eigenvalue weighted by Crippen LogP contribution is 2.16. The summed E-state index contributed by atoms with van der Waals surface area (Å²) in [5.41, 5.74) is 0.220. The summed E-state index contributed by atoms with van der Waals surface area (Å²) in [6.07, 6.45) is 5.51. The number of rotatable bonds is 18. The van der Waals surface area contributed by atoms with Crippen LogP contribution in [-0.2, 0) is 23.7 Å². The lowest BCUT2D eigenvalue weighted by Crippen LogP contribution is -2.25. The van der Waals surface area contributed by atoms with Gasteiger partial charge in [0.2, 0.25) is 0 Å². The molecule has 0 saturated heterocycles. The number of ether oxygens (including phenoxy) is 4. The summed E-state index contributed by atoms with van der Waals surface area (Å²) >= 11 is 0. The van der Waals surface area contributed by atoms with Gasteiger partial charge in [0.05, 0.1) is 22.7 Å². The molecule has 154 valence electrons. The summed E-state index contributed by atoms with van der Waals surface area (Å²) in [6.45, 7) is 10.2. The smallest absolute Gasteiger partial charge is 0.338 e. The monoisotopic (exact) mass is 390 g/mol. The Morgan fingerprint density at radius 2 is 1.46 bits per heavy atom. The Morgan fingerprint density at radius 1 is 0.923 bits per heavy atom. The molecular formula is C19H38O6Si. The second kappa shape index (κ2) is 17.4. The van der Waals surface area contributed by atoms with Crippen molar-refractivity contribution in [1.29, 1.82) is 0 Å². The topological polar surface area (TPSA) is 74.2 Å². The zero-order valence-electron chi connectivity index (χ0n) is 17.1. The Kier molecular flexibility index (Phi) is 16.7. The Labute approximate surface area is 161 Å². The van der Waals surface area contributed by atoms with Gasteiger partial charge in [-0.05, 0) is 33.1 Å². The molecule has 7 heteroatoms. The Balaban J connectivity index is 4.49. The summed E-state index contributed by atoms with van der Waals surface area (Å²) in [7, 11) is -0.587. The van der Waals surface area contributed by atoms with Crippen molar-refractivity contribution in [3.8, 4) is 0 Å². The Morgan fingerprint density at radius 3 is 1.88 bits per heavy atom. The summed E-state index contributed by atoms with van der Waals surface area (Å²) < 4.78 is 22.4. The van der Waals surface area contributed by atoms with Crippen molar-refractivity contribution in [2.45, 2.75) is 78.2 Å². The molecule has 26 heavy (non-hydrogen) atoms. The number of aliphatic carboxylic acids is 1. The van der Waals surface area contributed by atoms with Crippen LogP contribution in [0.25, 0.3) is 0 Å². The standard InChI is InChI=1S/C19H38O6Si/c1-5-9-13-24-19(25-14-10-6-2)26-15-11-12-16(17(20)21)18(22-7-3)23-8-4/h19H,5-15,26H2,1-4H3,(H,20,21). The van der Waals surface area contributed by atoms with E-state index in [0.29, 0.717) is 19.6 Å². The molecule has 0 atom stereocenters. The molecule has 0 aliphatic rings. The lowest BCUT2D eigenvalue weighted by atomic mass is 10.1. The van der Waals surface area contributed by atoms with Gasteiger partial charge >= 0.3 is 5.97 Å². The molecule has 0 bridgehead atoms. The molecule has 0 unspecified atom stereocenters. The Hall–Kier alpha value is -1.05. The quantitative estimate of drug-likeness (QED) is 0.127. The Bertz CT molecular complexity index is 368. The van der Waals surface area contributed by atoms with Crippen LogP contribution in [0.3, 0.4) is 0 Å². The first-order valence-corrected chi connectivity index (χ1v) is 11.9. The zero-order chi connectivity index (χ0) is 19.6. The average molecular weight is 391 g/mol. The van der Waals surface area contributed by atoms with E-state index in [1.54, 1.807) is 0 Å². The van der Waals surface area contributed by atoms with Gasteiger partial charge in [-0.15, -0.1) is 0 Å². The molecule has 0 aromatic rings. The van der Waals surface area contributed by atoms with E-state index in [1.807, 2.05) is 13.8 Å². The summed E-state index contributed by atoms with van der Waals surface area (Å²) in [6, 6.07) is 0.964. The first-order chi connectivity index (χ1) is 12.6. The highest BCUT2D eigenvalue weighted by atomic mass is 28.2. The summed E-state index contributed by atoms with van der Waals surface area (Å²) in [5.74, 6) is -0.888. The van der Waals surface area contributed by atoms with Gasteiger partial charge in [0.15, 0.2) is 0 Å². The molecule has 0 aliphatic heterocycles. The third-order valence-electron chi connectivity index (χ3n) is 3.78. The molecule has 0 aromatic heterocycles. The molecule has 0 aliphatic carbocycles. The minimum absolute atomic E-state index is 0.0661. The largest absolute Gasteiger partial charge is 0.478 e. The van der Waals surface area contributed by atoms with Gasteiger partial charge < -0.3 is 24.1 Å². The molecule has 0 spiro atoms. The predicted octanol–water partition coefficient (Wildman–Crippen LogP) is 3.64. The second-order valence-electron chi connectivity index (χ2n) is 6.06. The lowest BCUT2D eigenvalue weighted by molar-refractivity contribution is -0.133. The molecule has 0 rings (SSSR count). The van der Waals surface area contributed by atoms with Gasteiger partial charge in [-0.25, -0.2) is 4.79 Å². The minimum Gasteiger partial charge on any atom is -0.478 e. The van der Waals surface area contributed by atoms with Gasteiger partial charge in [-0.3, -0.25) is 0 Å². The van der Waals surface area contributed by atoms with E-state index in [2.05, 4.69) is 13.8 Å². The third-order valence-corrected chi connectivity index (χ3v) is 5.63. The first-order valence-electron chi connectivity index (χ1n) is 10.1. The van der Waals surface area contributed by atoms with Crippen LogP contribution in [0.4, 0.5) is 0 Å². The van der Waals surface area contributed by atoms with Crippen molar-refractivity contribution >= 4 is 15.5 Å². The molecule has 6 nitrogen and oxygen atoms in total. The SMILES string of the molecule is CCCCOC(OCCCC)[SiH2]CCCC(C(=O)O)=C(OCC)OCC. The van der Waals surface area contributed by atoms with Crippen molar-refractivity contribution in [1.82, 2.24) is 0 Å². The molecule has 0 radical (unpaired) electrons. The van der Waals surface area contributed by atoms with Crippen molar-refractivity contribution in [3.63, 3.8) is 0 Å². The van der Waals surface area contributed by atoms with Gasteiger partial charge in [0.1, 0.15) is 11.5 Å². The predicted molar refractivity (Wildman–Crippen MR) is 106 cm³/mol. The van der Waals surface area contributed by atoms with Crippen LogP contribution in [0.2, 0.25) is 6.04 Å². The third kappa shape index (κ3) is 12.3. The first kappa shape index (κ1) is 24.9. The highest BCUT2D eigenvalue weighted by Gasteiger charge is 2.18. The number of carbonyl (C=O) groups is 1. The van der Waals surface area contributed by atoms with Gasteiger partial charge in [0.25, 0.3) is 5.95 Å². The zero-order valence-corrected chi connectivity index (χ0v) is 18.5.